The summed E-state index contributed by atoms with van der Waals surface area (Å²) < 4.78 is 0. The van der Waals surface area contributed by atoms with Crippen molar-refractivity contribution >= 4 is 16.7 Å². The second-order valence-electron chi connectivity index (χ2n) is 3.11. The van der Waals surface area contributed by atoms with Crippen LogP contribution < -0.4 is 5.32 Å². The van der Waals surface area contributed by atoms with Crippen LogP contribution in [0.5, 0.6) is 5.75 Å². The molecule has 0 aliphatic carbocycles. The monoisotopic (exact) mass is 202 g/mol. The second-order valence-corrected chi connectivity index (χ2v) is 3.11. The van der Waals surface area contributed by atoms with Crippen molar-refractivity contribution in [3.05, 3.63) is 36.2 Å². The van der Waals surface area contributed by atoms with Crippen LogP contribution in [0.4, 0.5) is 0 Å². The van der Waals surface area contributed by atoms with E-state index in [9.17, 15) is 9.90 Å². The van der Waals surface area contributed by atoms with Crippen LogP contribution in [0, 0.1) is 0 Å². The van der Waals surface area contributed by atoms with Crippen molar-refractivity contribution in [1.82, 2.24) is 10.3 Å². The summed E-state index contributed by atoms with van der Waals surface area (Å²) in [6.07, 6.45) is 1.51. The Morgan fingerprint density at radius 2 is 2.13 bits per heavy atom. The maximum atomic E-state index is 11.5. The number of rotatable bonds is 1. The quantitative estimate of drug-likeness (QED) is 0.732. The molecular formula is C11H10N2O2. The summed E-state index contributed by atoms with van der Waals surface area (Å²) in [7, 11) is 1.55. The van der Waals surface area contributed by atoms with Crippen molar-refractivity contribution in [3.8, 4) is 5.75 Å². The molecule has 1 aromatic carbocycles. The van der Waals surface area contributed by atoms with Gasteiger partial charge in [0.25, 0.3) is 5.91 Å². The Kier molecular flexibility index (Phi) is 2.25. The van der Waals surface area contributed by atoms with Crippen LogP contribution in [0.25, 0.3) is 10.8 Å². The Bertz CT molecular complexity index is 523. The molecule has 0 radical (unpaired) electrons. The molecule has 0 bridgehead atoms. The highest BCUT2D eigenvalue weighted by atomic mass is 16.3. The molecular weight excluding hydrogens is 192 g/mol. The lowest BCUT2D eigenvalue weighted by atomic mass is 10.1. The number of phenolic OH excluding ortho intramolecular Hbond substituents is 1. The van der Waals surface area contributed by atoms with Crippen molar-refractivity contribution in [2.75, 3.05) is 7.05 Å². The van der Waals surface area contributed by atoms with Crippen LogP contribution in [0.1, 0.15) is 10.5 Å². The maximum Gasteiger partial charge on any atom is 0.270 e. The molecule has 15 heavy (non-hydrogen) atoms. The molecule has 1 amide bonds. The van der Waals surface area contributed by atoms with Crippen LogP contribution in [0.15, 0.2) is 30.5 Å². The van der Waals surface area contributed by atoms with E-state index in [1.807, 2.05) is 0 Å². The maximum absolute atomic E-state index is 11.5. The fourth-order valence-electron chi connectivity index (χ4n) is 1.49. The first-order valence-corrected chi connectivity index (χ1v) is 4.53. The van der Waals surface area contributed by atoms with Gasteiger partial charge in [0, 0.05) is 24.0 Å². The molecule has 0 unspecified atom stereocenters. The first kappa shape index (κ1) is 9.45. The van der Waals surface area contributed by atoms with E-state index in [0.29, 0.717) is 16.5 Å². The Hall–Kier alpha value is -2.10. The van der Waals surface area contributed by atoms with E-state index in [1.54, 1.807) is 31.3 Å². The molecule has 0 atom stereocenters. The zero-order chi connectivity index (χ0) is 10.8. The Balaban J connectivity index is 2.77. The number of hydrogen-bond acceptors (Lipinski definition) is 3. The lowest BCUT2D eigenvalue weighted by Crippen LogP contribution is -2.19. The number of aromatic hydroxyl groups is 1. The van der Waals surface area contributed by atoms with Crippen molar-refractivity contribution in [1.29, 1.82) is 0 Å². The molecule has 0 saturated heterocycles. The molecule has 2 N–H and O–H groups in total. The molecule has 2 aromatic rings. The zero-order valence-corrected chi connectivity index (χ0v) is 8.19. The third kappa shape index (κ3) is 1.50. The van der Waals surface area contributed by atoms with Gasteiger partial charge in [-0.05, 0) is 12.1 Å². The highest BCUT2D eigenvalue weighted by Crippen LogP contribution is 2.25. The number of fused-ring (bicyclic) bond motifs is 1. The van der Waals surface area contributed by atoms with Crippen LogP contribution in [-0.2, 0) is 0 Å². The fourth-order valence-corrected chi connectivity index (χ4v) is 1.49. The van der Waals surface area contributed by atoms with Crippen LogP contribution in [-0.4, -0.2) is 23.0 Å². The Morgan fingerprint density at radius 1 is 1.33 bits per heavy atom. The highest BCUT2D eigenvalue weighted by molar-refractivity contribution is 6.06. The van der Waals surface area contributed by atoms with Crippen LogP contribution in [0.2, 0.25) is 0 Å². The molecule has 1 heterocycles. The van der Waals surface area contributed by atoms with E-state index in [-0.39, 0.29) is 11.7 Å². The van der Waals surface area contributed by atoms with Gasteiger partial charge in [0.15, 0.2) is 0 Å². The van der Waals surface area contributed by atoms with E-state index in [4.69, 9.17) is 0 Å². The van der Waals surface area contributed by atoms with Crippen molar-refractivity contribution in [2.45, 2.75) is 0 Å². The molecule has 4 nitrogen and oxygen atoms in total. The van der Waals surface area contributed by atoms with E-state index in [2.05, 4.69) is 10.3 Å². The SMILES string of the molecule is CNC(=O)c1nccc2c(O)cccc12. The number of pyridine rings is 1. The predicted molar refractivity (Wildman–Crippen MR) is 56.8 cm³/mol. The molecule has 0 saturated carbocycles. The molecule has 0 aliphatic rings. The molecule has 0 spiro atoms. The topological polar surface area (TPSA) is 62.2 Å². The van der Waals surface area contributed by atoms with Crippen molar-refractivity contribution in [3.63, 3.8) is 0 Å². The van der Waals surface area contributed by atoms with E-state index in [1.165, 1.54) is 6.20 Å². The number of nitrogens with one attached hydrogen (secondary N) is 1. The smallest absolute Gasteiger partial charge is 0.270 e. The van der Waals surface area contributed by atoms with Crippen molar-refractivity contribution < 1.29 is 9.90 Å². The summed E-state index contributed by atoms with van der Waals surface area (Å²) in [6.45, 7) is 0. The van der Waals surface area contributed by atoms with Gasteiger partial charge < -0.3 is 10.4 Å². The highest BCUT2D eigenvalue weighted by Gasteiger charge is 2.10. The van der Waals surface area contributed by atoms with Crippen LogP contribution >= 0.6 is 0 Å². The van der Waals surface area contributed by atoms with Gasteiger partial charge in [0.2, 0.25) is 0 Å². The molecule has 2 rings (SSSR count). The van der Waals surface area contributed by atoms with E-state index < -0.39 is 0 Å². The minimum atomic E-state index is -0.258. The average Bonchev–Trinajstić information content (AvgIpc) is 2.28. The lowest BCUT2D eigenvalue weighted by molar-refractivity contribution is 0.0960. The van der Waals surface area contributed by atoms with Gasteiger partial charge in [0.1, 0.15) is 11.4 Å². The van der Waals surface area contributed by atoms with E-state index >= 15 is 0 Å². The number of aromatic nitrogens is 1. The Morgan fingerprint density at radius 3 is 2.87 bits per heavy atom. The largest absolute Gasteiger partial charge is 0.507 e. The first-order chi connectivity index (χ1) is 7.24. The van der Waals surface area contributed by atoms with Gasteiger partial charge in [-0.3, -0.25) is 9.78 Å². The third-order valence-corrected chi connectivity index (χ3v) is 2.23. The molecule has 76 valence electrons. The number of hydrogen-bond donors (Lipinski definition) is 2. The van der Waals surface area contributed by atoms with Gasteiger partial charge in [0.05, 0.1) is 0 Å². The number of nitrogens with zero attached hydrogens (tertiary/aromatic N) is 1. The van der Waals surface area contributed by atoms with Crippen molar-refractivity contribution in [2.24, 2.45) is 0 Å². The Labute approximate surface area is 86.6 Å². The second kappa shape index (κ2) is 3.57. The normalized spacial score (nSPS) is 10.2. The number of benzene rings is 1. The molecule has 0 fully saturated rings. The van der Waals surface area contributed by atoms with Crippen LogP contribution in [0.3, 0.4) is 0 Å². The minimum absolute atomic E-state index is 0.153. The van der Waals surface area contributed by atoms with Gasteiger partial charge in [-0.1, -0.05) is 12.1 Å². The summed E-state index contributed by atoms with van der Waals surface area (Å²) in [6, 6.07) is 6.70. The van der Waals surface area contributed by atoms with Gasteiger partial charge in [-0.2, -0.15) is 0 Å². The number of carbonyl (C=O) groups excluding carboxylic acids is 1. The molecule has 0 aliphatic heterocycles. The summed E-state index contributed by atoms with van der Waals surface area (Å²) in [5.41, 5.74) is 0.325. The summed E-state index contributed by atoms with van der Waals surface area (Å²) in [5.74, 6) is -0.105. The average molecular weight is 202 g/mol. The van der Waals surface area contributed by atoms with Gasteiger partial charge in [-0.15, -0.1) is 0 Å². The molecule has 1 aromatic heterocycles. The first-order valence-electron chi connectivity index (χ1n) is 4.53. The molecule has 4 heteroatoms. The third-order valence-electron chi connectivity index (χ3n) is 2.23. The predicted octanol–water partition coefficient (Wildman–Crippen LogP) is 1.30. The standard InChI is InChI=1S/C11H10N2O2/c1-12-11(15)10-8-3-2-4-9(14)7(8)5-6-13-10/h2-6,14H,1H3,(H,12,15). The summed E-state index contributed by atoms with van der Waals surface area (Å²) in [4.78, 5) is 15.5. The van der Waals surface area contributed by atoms with Gasteiger partial charge >= 0.3 is 0 Å². The fraction of sp³-hybridized carbons (Fsp3) is 0.0909. The number of phenols is 1. The summed E-state index contributed by atoms with van der Waals surface area (Å²) in [5, 5.41) is 13.4. The summed E-state index contributed by atoms with van der Waals surface area (Å²) >= 11 is 0. The number of amides is 1. The number of carbonyl (C=O) groups is 1. The van der Waals surface area contributed by atoms with Gasteiger partial charge in [-0.25, -0.2) is 0 Å². The zero-order valence-electron chi connectivity index (χ0n) is 8.19. The minimum Gasteiger partial charge on any atom is -0.507 e. The lowest BCUT2D eigenvalue weighted by Gasteiger charge is -2.04. The van der Waals surface area contributed by atoms with E-state index in [0.717, 1.165) is 0 Å².